The van der Waals surface area contributed by atoms with Crippen molar-refractivity contribution in [1.82, 2.24) is 45.6 Å². The third kappa shape index (κ3) is 26.2. The van der Waals surface area contributed by atoms with Crippen molar-refractivity contribution in [3.05, 3.63) is 324 Å². The highest BCUT2D eigenvalue weighted by molar-refractivity contribution is 6.01. The summed E-state index contributed by atoms with van der Waals surface area (Å²) in [5.41, 5.74) is 6.30. The Morgan fingerprint density at radius 3 is 1.17 bits per heavy atom. The van der Waals surface area contributed by atoms with Gasteiger partial charge >= 0.3 is 24.0 Å². The number of aromatic hydroxyl groups is 1. The van der Waals surface area contributed by atoms with Crippen molar-refractivity contribution in [2.45, 2.75) is 140 Å². The zero-order valence-electron chi connectivity index (χ0n) is 77.8. The first kappa shape index (κ1) is 107. The molecule has 11 N–H and O–H groups in total. The predicted octanol–water partition coefficient (Wildman–Crippen LogP) is 9.09. The summed E-state index contributed by atoms with van der Waals surface area (Å²) in [6.45, 7) is 7.29. The number of pyridine rings is 3. The number of nitrogens with two attached hydrogens (primary N) is 2. The Bertz CT molecular complexity index is 6620. The van der Waals surface area contributed by atoms with Gasteiger partial charge in [0.1, 0.15) is 106 Å². The standard InChI is InChI=1S/C26H22F3N3O5.C20H20N2O6.C19H16F3N3O5.C16H14O7.C10H20N2O3.C7H6F3N/c27-15-8-18(28)16(19(29)9-15)10-30-25(34)17-11-32-21-6-7-36-13-20(21)31-26(35)22(32)24(23(17)33)37-12-14-4-2-1-3-5-14;1-26-20(25)13-9-22-15-7-8-27-11-14(15)21-19(24)16(22)18(17(13)23)28-10-12-5-3-2-4-6-12;20-8-3-11(21)9(12(22)4-8)5-23-18(28)10-6-25-14-1-2-30-7-13(14)24-19(29)15(25)17(27)16(10)26;1-20-15(18)11-9-23-14(16(19)21-2)13(12(11)17)22-8-10-6-4-3-5-7-10;1-10(2,3)15-9(13)12-8-6-14-5-4-7(8)11;8-4-1-6(9)5(3-11)7(10)2-4/h1-5,8-9,11,20-21H,6-7,10,12-13H2,(H,30,34)(H,31,35);2-6,9,14-15H,7-8,10-11H2,1H3,(H,21,24);3-4,6,13-14,27H,1-2,5,7H2,(H,23,28)(H,24,29);3-7,9H,8H2,1-2H3;7-8H,4-6,11H2,1-3H3,(H,12,13);1-2H,3,11H2/t20-,21+;14-,15+;13-,14+;;7-,8+;/m000.1./s1. The number of esters is 3. The van der Waals surface area contributed by atoms with Crippen LogP contribution < -0.4 is 79.3 Å². The number of amides is 6. The van der Waals surface area contributed by atoms with Gasteiger partial charge in [-0.15, -0.1) is 0 Å². The number of hydrogen-bond acceptors (Lipinski definition) is 28. The maximum absolute atomic E-state index is 14.0. The number of nitrogens with zero attached hydrogens (tertiary/aromatic N) is 3. The Kier molecular flexibility index (Phi) is 36.4. The van der Waals surface area contributed by atoms with Crippen LogP contribution in [0.5, 0.6) is 23.0 Å². The second kappa shape index (κ2) is 48.8. The predicted molar refractivity (Wildman–Crippen MR) is 488 cm³/mol. The lowest BCUT2D eigenvalue weighted by atomic mass is 9.98. The van der Waals surface area contributed by atoms with E-state index in [1.54, 1.807) is 57.7 Å². The average molecular weight is 2020 g/mol. The maximum Gasteiger partial charge on any atom is 0.408 e. The molecule has 144 heavy (non-hydrogen) atoms. The Hall–Kier alpha value is -15.5. The number of carbonyl (C=O) groups is 9. The summed E-state index contributed by atoms with van der Waals surface area (Å²) in [4.78, 5) is 162. The fourth-order valence-corrected chi connectivity index (χ4v) is 15.8. The smallest absolute Gasteiger partial charge is 0.408 e. The Balaban J connectivity index is 0.000000159. The molecule has 4 saturated heterocycles. The first-order valence-corrected chi connectivity index (χ1v) is 44.4. The zero-order valence-corrected chi connectivity index (χ0v) is 77.8. The van der Waals surface area contributed by atoms with E-state index in [0.29, 0.717) is 95.3 Å². The number of ether oxygens (including phenoxy) is 11. The van der Waals surface area contributed by atoms with Gasteiger partial charge in [0.2, 0.25) is 27.5 Å². The van der Waals surface area contributed by atoms with Crippen LogP contribution in [0.4, 0.5) is 44.3 Å². The van der Waals surface area contributed by atoms with E-state index < -0.39 is 186 Å². The van der Waals surface area contributed by atoms with Crippen molar-refractivity contribution in [1.29, 1.82) is 0 Å². The van der Waals surface area contributed by atoms with Gasteiger partial charge in [-0.05, 0) is 63.1 Å². The summed E-state index contributed by atoms with van der Waals surface area (Å²) in [5, 5.41) is 25.9. The van der Waals surface area contributed by atoms with Crippen LogP contribution in [0.15, 0.2) is 176 Å². The van der Waals surface area contributed by atoms with Crippen LogP contribution >= 0.6 is 0 Å². The third-order valence-corrected chi connectivity index (χ3v) is 23.0. The first-order valence-electron chi connectivity index (χ1n) is 44.4. The fraction of sp³-hybridized carbons (Fsp3) is 0.337. The number of carbonyl (C=O) groups excluding carboxylic acids is 9. The minimum absolute atomic E-state index is 0.0141. The molecule has 0 spiro atoms. The molecule has 4 aromatic heterocycles. The van der Waals surface area contributed by atoms with Crippen LogP contribution in [0.1, 0.15) is 181 Å². The summed E-state index contributed by atoms with van der Waals surface area (Å²) in [5.74, 6) is -18.1. The first-order chi connectivity index (χ1) is 68.8. The molecule has 37 nitrogen and oxygen atoms in total. The molecule has 8 atom stereocenters. The lowest BCUT2D eigenvalue weighted by Gasteiger charge is -2.39. The van der Waals surface area contributed by atoms with Crippen molar-refractivity contribution >= 4 is 53.5 Å². The second-order valence-corrected chi connectivity index (χ2v) is 33.8. The summed E-state index contributed by atoms with van der Waals surface area (Å²) >= 11 is 0. The second-order valence-electron chi connectivity index (χ2n) is 33.8. The summed E-state index contributed by atoms with van der Waals surface area (Å²) in [7, 11) is 3.47. The monoisotopic (exact) mass is 2020 g/mol. The Labute approximate surface area is 812 Å². The lowest BCUT2D eigenvalue weighted by molar-refractivity contribution is 0.0286. The van der Waals surface area contributed by atoms with Gasteiger partial charge in [0.05, 0.1) is 90.0 Å². The summed E-state index contributed by atoms with van der Waals surface area (Å²) in [6.07, 6.45) is 6.59. The van der Waals surface area contributed by atoms with Gasteiger partial charge in [-0.25, -0.2) is 58.7 Å². The molecular weight excluding hydrogens is 1920 g/mol. The molecule has 4 fully saturated rings. The highest BCUT2D eigenvalue weighted by Gasteiger charge is 2.44. The molecule has 7 aliphatic rings. The molecule has 0 unspecified atom stereocenters. The molecule has 6 aromatic carbocycles. The topological polar surface area (TPSA) is 496 Å². The number of hydrogen-bond donors (Lipinski definition) is 9. The van der Waals surface area contributed by atoms with E-state index in [2.05, 4.69) is 41.4 Å². The van der Waals surface area contributed by atoms with Crippen LogP contribution in [-0.2, 0) is 77.3 Å². The molecule has 0 saturated carbocycles. The lowest BCUT2D eigenvalue weighted by Crippen LogP contribution is -2.54. The van der Waals surface area contributed by atoms with Gasteiger partial charge in [-0.1, -0.05) is 91.0 Å². The van der Waals surface area contributed by atoms with Crippen LogP contribution in [0.3, 0.4) is 0 Å². The number of aromatic nitrogens is 3. The van der Waals surface area contributed by atoms with E-state index in [1.807, 2.05) is 63.2 Å². The van der Waals surface area contributed by atoms with E-state index in [-0.39, 0.29) is 133 Å². The van der Waals surface area contributed by atoms with Gasteiger partial charge in [-0.2, -0.15) is 0 Å². The SMILES string of the molecule is CC(C)(C)OC(=O)N[C@H]1COCC[C@H]1N.COC(=O)c1cn2c(c(OCc3ccccc3)c1=O)C(=O)N[C@H]1COCC[C@H]12.COC(=O)c1occ(C(=O)OC)c(=O)c1OCc1ccccc1.NCc1c(F)cc(F)cc1F.O=C(NCc1c(F)cc(F)cc1F)c1cn2c(c(O)c1=O)C(=O)N[C@H]1COCC[C@H]12.O=C(NCc1c(F)cc(F)cc1F)c1cn2c(c(OCc3ccccc3)c1=O)C(=O)N[C@H]1COCC[C@H]12. The van der Waals surface area contributed by atoms with Crippen LogP contribution in [-0.4, -0.2) is 182 Å². The van der Waals surface area contributed by atoms with Crippen LogP contribution in [0.2, 0.25) is 0 Å². The van der Waals surface area contributed by atoms with Crippen LogP contribution in [0, 0.1) is 52.4 Å². The molecule has 764 valence electrons. The van der Waals surface area contributed by atoms with E-state index in [0.717, 1.165) is 49.8 Å². The van der Waals surface area contributed by atoms with E-state index in [9.17, 15) is 107 Å². The van der Waals surface area contributed by atoms with Gasteiger partial charge < -0.3 is 119 Å². The van der Waals surface area contributed by atoms with Gasteiger partial charge in [0.25, 0.3) is 35.3 Å². The van der Waals surface area contributed by atoms with E-state index >= 15 is 0 Å². The van der Waals surface area contributed by atoms with E-state index in [4.69, 9.17) is 58.5 Å². The van der Waals surface area contributed by atoms with Crippen molar-refractivity contribution in [2.75, 3.05) is 74.2 Å². The molecule has 10 aromatic rings. The minimum atomic E-state index is -1.19. The minimum Gasteiger partial charge on any atom is -0.503 e. The van der Waals surface area contributed by atoms with Crippen molar-refractivity contribution in [2.24, 2.45) is 11.5 Å². The normalized spacial score (nSPS) is 18.1. The molecule has 17 rings (SSSR count). The third-order valence-electron chi connectivity index (χ3n) is 23.0. The molecule has 7 aliphatic heterocycles. The number of nitrogens with one attached hydrogen (secondary N) is 6. The fourth-order valence-electron chi connectivity index (χ4n) is 15.8. The number of benzene rings is 6. The molecule has 11 heterocycles. The summed E-state index contributed by atoms with van der Waals surface area (Å²) < 4.78 is 186. The zero-order chi connectivity index (χ0) is 104. The van der Waals surface area contributed by atoms with E-state index in [1.165, 1.54) is 24.1 Å². The maximum atomic E-state index is 14.0. The summed E-state index contributed by atoms with van der Waals surface area (Å²) in [6, 6.07) is 28.4. The highest BCUT2D eigenvalue weighted by Crippen LogP contribution is 2.36. The molecular formula is C98H98F9N11O26. The van der Waals surface area contributed by atoms with Crippen LogP contribution in [0.25, 0.3) is 0 Å². The van der Waals surface area contributed by atoms with Gasteiger partial charge in [0, 0.05) is 124 Å². The average Bonchev–Trinajstić information content (AvgIpc) is 0.753. The quantitative estimate of drug-likeness (QED) is 0.0195. The van der Waals surface area contributed by atoms with Gasteiger partial charge in [0.15, 0.2) is 34.3 Å². The largest absolute Gasteiger partial charge is 0.503 e. The van der Waals surface area contributed by atoms with Crippen molar-refractivity contribution in [3.63, 3.8) is 0 Å². The highest BCUT2D eigenvalue weighted by atomic mass is 19.2. The number of halogens is 9. The van der Waals surface area contributed by atoms with Crippen molar-refractivity contribution in [3.8, 4) is 23.0 Å². The Morgan fingerprint density at radius 1 is 0.444 bits per heavy atom. The number of alkyl carbamates (subject to hydrolysis) is 1. The number of fused-ring (bicyclic) bond motifs is 9. The molecule has 6 amide bonds. The molecule has 0 bridgehead atoms. The molecule has 0 radical (unpaired) electrons. The molecule has 46 heteroatoms. The molecule has 0 aliphatic carbocycles. The Morgan fingerprint density at radius 2 is 0.785 bits per heavy atom. The number of rotatable bonds is 20. The van der Waals surface area contributed by atoms with Crippen molar-refractivity contribution < 1.29 is 144 Å². The van der Waals surface area contributed by atoms with Gasteiger partial charge in [-0.3, -0.25) is 43.2 Å². The number of methoxy groups -OCH3 is 3.